The number of aliphatic hydroxyl groups excluding tert-OH is 1. The van der Waals surface area contributed by atoms with E-state index in [0.717, 1.165) is 4.88 Å². The average molecular weight is 245 g/mol. The topological polar surface area (TPSA) is 20.2 Å². The van der Waals surface area contributed by atoms with E-state index in [2.05, 4.69) is 5.38 Å². The van der Waals surface area contributed by atoms with Crippen molar-refractivity contribution in [1.82, 2.24) is 0 Å². The van der Waals surface area contributed by atoms with Crippen molar-refractivity contribution >= 4 is 34.3 Å². The highest BCUT2D eigenvalue weighted by Crippen LogP contribution is 2.27. The van der Waals surface area contributed by atoms with Crippen molar-refractivity contribution in [2.24, 2.45) is 0 Å². The van der Waals surface area contributed by atoms with Crippen LogP contribution in [0.4, 0.5) is 0 Å². The molecule has 2 rings (SSSR count). The molecule has 0 bridgehead atoms. The van der Waals surface area contributed by atoms with Gasteiger partial charge in [0.25, 0.3) is 0 Å². The molecule has 0 radical (unpaired) electrons. The molecule has 0 saturated carbocycles. The fraction of sp³-hybridized carbons (Fsp3) is 0.200. The Kier molecular flexibility index (Phi) is 3.23. The molecule has 1 atom stereocenters. The van der Waals surface area contributed by atoms with E-state index in [4.69, 9.17) is 11.6 Å². The molecule has 0 aliphatic carbocycles. The van der Waals surface area contributed by atoms with Crippen LogP contribution >= 0.6 is 34.3 Å². The second-order valence-electron chi connectivity index (χ2n) is 3.02. The van der Waals surface area contributed by atoms with Crippen LogP contribution in [0.25, 0.3) is 0 Å². The van der Waals surface area contributed by atoms with Crippen LogP contribution in [-0.4, -0.2) is 5.11 Å². The SMILES string of the molecule is OC(Cc1ccsc1)c1cc(Cl)cs1. The number of hydrogen-bond donors (Lipinski definition) is 1. The van der Waals surface area contributed by atoms with E-state index < -0.39 is 6.10 Å². The second-order valence-corrected chi connectivity index (χ2v) is 5.18. The first-order valence-electron chi connectivity index (χ1n) is 4.19. The maximum Gasteiger partial charge on any atom is 0.0923 e. The smallest absolute Gasteiger partial charge is 0.0923 e. The molecular weight excluding hydrogens is 236 g/mol. The fourth-order valence-corrected chi connectivity index (χ4v) is 2.99. The van der Waals surface area contributed by atoms with Gasteiger partial charge in [-0.25, -0.2) is 0 Å². The summed E-state index contributed by atoms with van der Waals surface area (Å²) in [5.41, 5.74) is 1.17. The third-order valence-corrected chi connectivity index (χ3v) is 4.04. The van der Waals surface area contributed by atoms with Crippen LogP contribution in [-0.2, 0) is 6.42 Å². The van der Waals surface area contributed by atoms with Crippen molar-refractivity contribution in [2.45, 2.75) is 12.5 Å². The van der Waals surface area contributed by atoms with Gasteiger partial charge in [-0.1, -0.05) is 11.6 Å². The van der Waals surface area contributed by atoms with Gasteiger partial charge in [-0.3, -0.25) is 0 Å². The van der Waals surface area contributed by atoms with Crippen molar-refractivity contribution in [3.8, 4) is 0 Å². The maximum absolute atomic E-state index is 9.86. The summed E-state index contributed by atoms with van der Waals surface area (Å²) in [6, 6.07) is 3.85. The minimum absolute atomic E-state index is 0.429. The molecule has 2 heterocycles. The van der Waals surface area contributed by atoms with E-state index in [1.807, 2.05) is 22.9 Å². The van der Waals surface area contributed by atoms with Gasteiger partial charge in [-0.2, -0.15) is 11.3 Å². The number of aliphatic hydroxyl groups is 1. The van der Waals surface area contributed by atoms with Crippen molar-refractivity contribution in [3.63, 3.8) is 0 Å². The third-order valence-electron chi connectivity index (χ3n) is 1.93. The Balaban J connectivity index is 2.06. The van der Waals surface area contributed by atoms with Gasteiger partial charge in [-0.15, -0.1) is 11.3 Å². The molecule has 0 aliphatic rings. The Morgan fingerprint density at radius 3 is 2.86 bits per heavy atom. The van der Waals surface area contributed by atoms with E-state index in [0.29, 0.717) is 11.4 Å². The summed E-state index contributed by atoms with van der Waals surface area (Å²) in [6.45, 7) is 0. The van der Waals surface area contributed by atoms with Crippen molar-refractivity contribution in [2.75, 3.05) is 0 Å². The molecule has 14 heavy (non-hydrogen) atoms. The molecule has 0 aromatic carbocycles. The van der Waals surface area contributed by atoms with Crippen LogP contribution < -0.4 is 0 Å². The maximum atomic E-state index is 9.86. The molecule has 4 heteroatoms. The number of rotatable bonds is 3. The Labute approximate surface area is 95.6 Å². The first kappa shape index (κ1) is 10.2. The molecule has 0 spiro atoms. The fourth-order valence-electron chi connectivity index (χ4n) is 1.24. The summed E-state index contributed by atoms with van der Waals surface area (Å²) >= 11 is 8.94. The second kappa shape index (κ2) is 4.45. The molecule has 0 amide bonds. The molecule has 1 N–H and O–H groups in total. The molecule has 2 aromatic heterocycles. The van der Waals surface area contributed by atoms with Crippen LogP contribution in [0, 0.1) is 0 Å². The summed E-state index contributed by atoms with van der Waals surface area (Å²) < 4.78 is 0. The summed E-state index contributed by atoms with van der Waals surface area (Å²) in [6.07, 6.45) is 0.238. The lowest BCUT2D eigenvalue weighted by molar-refractivity contribution is 0.182. The minimum Gasteiger partial charge on any atom is -0.387 e. The lowest BCUT2D eigenvalue weighted by Gasteiger charge is -2.05. The molecule has 74 valence electrons. The molecule has 2 aromatic rings. The first-order valence-corrected chi connectivity index (χ1v) is 6.39. The van der Waals surface area contributed by atoms with Gasteiger partial charge in [-0.05, 0) is 28.5 Å². The Morgan fingerprint density at radius 2 is 2.29 bits per heavy atom. The lowest BCUT2D eigenvalue weighted by atomic mass is 10.1. The number of thiophene rings is 2. The average Bonchev–Trinajstić information content (AvgIpc) is 2.75. The Bertz CT molecular complexity index is 394. The summed E-state index contributed by atoms with van der Waals surface area (Å²) in [7, 11) is 0. The van der Waals surface area contributed by atoms with Crippen molar-refractivity contribution in [1.29, 1.82) is 0 Å². The highest BCUT2D eigenvalue weighted by atomic mass is 35.5. The van der Waals surface area contributed by atoms with Crippen LogP contribution in [0.5, 0.6) is 0 Å². The van der Waals surface area contributed by atoms with E-state index in [-0.39, 0.29) is 0 Å². The number of halogens is 1. The van der Waals surface area contributed by atoms with Gasteiger partial charge in [0.05, 0.1) is 11.1 Å². The van der Waals surface area contributed by atoms with Crippen LogP contribution in [0.15, 0.2) is 28.3 Å². The predicted octanol–water partition coefficient (Wildman–Crippen LogP) is 3.74. The Morgan fingerprint density at radius 1 is 1.43 bits per heavy atom. The van der Waals surface area contributed by atoms with E-state index in [1.54, 1.807) is 11.3 Å². The summed E-state index contributed by atoms with van der Waals surface area (Å²) in [5, 5.41) is 16.5. The molecule has 0 aliphatic heterocycles. The lowest BCUT2D eigenvalue weighted by Crippen LogP contribution is -1.97. The largest absolute Gasteiger partial charge is 0.387 e. The quantitative estimate of drug-likeness (QED) is 0.872. The highest BCUT2D eigenvalue weighted by Gasteiger charge is 2.10. The van der Waals surface area contributed by atoms with Crippen LogP contribution in [0.1, 0.15) is 16.5 Å². The summed E-state index contributed by atoms with van der Waals surface area (Å²) in [5.74, 6) is 0. The van der Waals surface area contributed by atoms with E-state index in [9.17, 15) is 5.11 Å². The Hall–Kier alpha value is -0.350. The zero-order valence-electron chi connectivity index (χ0n) is 7.31. The van der Waals surface area contributed by atoms with Gasteiger partial charge in [0.15, 0.2) is 0 Å². The van der Waals surface area contributed by atoms with Crippen molar-refractivity contribution < 1.29 is 5.11 Å². The zero-order valence-corrected chi connectivity index (χ0v) is 9.70. The standard InChI is InChI=1S/C10H9ClOS2/c11-8-4-10(14-6-8)9(12)3-7-1-2-13-5-7/h1-2,4-6,9,12H,3H2. The molecule has 0 fully saturated rings. The molecule has 1 unspecified atom stereocenters. The number of hydrogen-bond acceptors (Lipinski definition) is 3. The van der Waals surface area contributed by atoms with Gasteiger partial charge in [0.1, 0.15) is 0 Å². The van der Waals surface area contributed by atoms with E-state index in [1.165, 1.54) is 16.9 Å². The molecule has 0 saturated heterocycles. The minimum atomic E-state index is -0.429. The molecule has 1 nitrogen and oxygen atoms in total. The van der Waals surface area contributed by atoms with Gasteiger partial charge in [0.2, 0.25) is 0 Å². The third kappa shape index (κ3) is 2.36. The zero-order chi connectivity index (χ0) is 9.97. The normalized spacial score (nSPS) is 13.0. The monoisotopic (exact) mass is 244 g/mol. The van der Waals surface area contributed by atoms with Crippen LogP contribution in [0.2, 0.25) is 5.02 Å². The van der Waals surface area contributed by atoms with Gasteiger partial charge < -0.3 is 5.11 Å². The highest BCUT2D eigenvalue weighted by molar-refractivity contribution is 7.10. The summed E-state index contributed by atoms with van der Waals surface area (Å²) in [4.78, 5) is 0.932. The van der Waals surface area contributed by atoms with Crippen LogP contribution in [0.3, 0.4) is 0 Å². The molecular formula is C10H9ClOS2. The first-order chi connectivity index (χ1) is 6.75. The van der Waals surface area contributed by atoms with E-state index >= 15 is 0 Å². The van der Waals surface area contributed by atoms with Crippen molar-refractivity contribution in [3.05, 3.63) is 43.7 Å². The van der Waals surface area contributed by atoms with Gasteiger partial charge in [0, 0.05) is 16.7 Å². The predicted molar refractivity (Wildman–Crippen MR) is 62.3 cm³/mol. The van der Waals surface area contributed by atoms with Gasteiger partial charge >= 0.3 is 0 Å².